The summed E-state index contributed by atoms with van der Waals surface area (Å²) in [7, 11) is 0. The van der Waals surface area contributed by atoms with Crippen LogP contribution in [0, 0.1) is 0 Å². The minimum atomic E-state index is -1.76. The molecule has 346 valence electrons. The van der Waals surface area contributed by atoms with Crippen molar-refractivity contribution < 1.29 is 73.8 Å². The topological polar surface area (TPSA) is 231 Å². The number of unbranched alkanes of at least 4 members (excludes halogenated alkanes) is 18. The quantitative estimate of drug-likeness (QED) is 0.0266. The van der Waals surface area contributed by atoms with Crippen LogP contribution in [0.25, 0.3) is 0 Å². The Morgan fingerprint density at radius 1 is 0.525 bits per heavy atom. The van der Waals surface area contributed by atoms with E-state index in [0.29, 0.717) is 12.8 Å². The summed E-state index contributed by atoms with van der Waals surface area (Å²) in [6.45, 7) is 2.51. The number of hydrogen-bond donors (Lipinski definition) is 7. The Kier molecular flexibility index (Phi) is 29.8. The van der Waals surface area contributed by atoms with Crippen LogP contribution in [0.15, 0.2) is 12.2 Å². The first-order chi connectivity index (χ1) is 28.5. The van der Waals surface area contributed by atoms with Gasteiger partial charge < -0.3 is 64.2 Å². The lowest BCUT2D eigenvalue weighted by Gasteiger charge is -2.42. The molecule has 15 heteroatoms. The predicted octanol–water partition coefficient (Wildman–Crippen LogP) is 4.65. The molecule has 0 aromatic heterocycles. The molecular weight excluding hydrogens is 768 g/mol. The zero-order valence-electron chi connectivity index (χ0n) is 36.0. The van der Waals surface area contributed by atoms with E-state index in [-0.39, 0.29) is 26.1 Å². The molecule has 0 bridgehead atoms. The van der Waals surface area contributed by atoms with Gasteiger partial charge in [-0.05, 0) is 32.1 Å². The van der Waals surface area contributed by atoms with Gasteiger partial charge in [-0.3, -0.25) is 9.59 Å². The molecule has 4 unspecified atom stereocenters. The molecule has 7 N–H and O–H groups in total. The maximum absolute atomic E-state index is 12.9. The average Bonchev–Trinajstić information content (AvgIpc) is 3.23. The van der Waals surface area contributed by atoms with E-state index < -0.39 is 92.7 Å². The van der Waals surface area contributed by atoms with Gasteiger partial charge in [-0.15, -0.1) is 0 Å². The van der Waals surface area contributed by atoms with E-state index >= 15 is 0 Å². The SMILES string of the molecule is CCCC/C=C/CCCCCCCCCCCC(=O)O[C@H](COC(=O)CCCCCCCCCC)CO[C@@H]1O[C@H](CO[C@@H]2O[C@H](CO)[C@H](O)C(O)C2O)[C@H](O)C(O)C1O. The van der Waals surface area contributed by atoms with Crippen molar-refractivity contribution in [2.75, 3.05) is 26.4 Å². The molecule has 11 atom stereocenters. The van der Waals surface area contributed by atoms with Gasteiger partial charge in [0.1, 0.15) is 55.4 Å². The number of aliphatic hydroxyl groups excluding tert-OH is 7. The van der Waals surface area contributed by atoms with E-state index in [1.54, 1.807) is 0 Å². The van der Waals surface area contributed by atoms with Crippen molar-refractivity contribution in [3.05, 3.63) is 12.2 Å². The molecule has 2 fully saturated rings. The van der Waals surface area contributed by atoms with Gasteiger partial charge in [0.15, 0.2) is 18.7 Å². The zero-order chi connectivity index (χ0) is 43.3. The molecule has 0 spiro atoms. The molecule has 2 aliphatic heterocycles. The van der Waals surface area contributed by atoms with Crippen molar-refractivity contribution >= 4 is 11.9 Å². The van der Waals surface area contributed by atoms with E-state index in [4.69, 9.17) is 28.4 Å². The molecule has 0 amide bonds. The minimum Gasteiger partial charge on any atom is -0.462 e. The summed E-state index contributed by atoms with van der Waals surface area (Å²) in [5, 5.41) is 71.7. The number of aliphatic hydroxyl groups is 7. The Bertz CT molecular complexity index is 1090. The first-order valence-electron chi connectivity index (χ1n) is 22.8. The third kappa shape index (κ3) is 22.2. The average molecular weight is 849 g/mol. The number of carbonyl (C=O) groups is 2. The third-order valence-corrected chi connectivity index (χ3v) is 11.0. The molecule has 0 aromatic carbocycles. The minimum absolute atomic E-state index is 0.166. The van der Waals surface area contributed by atoms with E-state index in [1.807, 2.05) is 0 Å². The second kappa shape index (κ2) is 32.9. The maximum Gasteiger partial charge on any atom is 0.306 e. The van der Waals surface area contributed by atoms with Crippen molar-refractivity contribution in [1.29, 1.82) is 0 Å². The fraction of sp³-hybridized carbons (Fsp3) is 0.909. The van der Waals surface area contributed by atoms with Gasteiger partial charge in [0.25, 0.3) is 0 Å². The van der Waals surface area contributed by atoms with Crippen LogP contribution in [0.2, 0.25) is 0 Å². The van der Waals surface area contributed by atoms with Crippen LogP contribution in [-0.4, -0.2) is 142 Å². The normalized spacial score (nSPS) is 27.9. The molecule has 59 heavy (non-hydrogen) atoms. The summed E-state index contributed by atoms with van der Waals surface area (Å²) in [6.07, 6.45) is 11.3. The number of rotatable bonds is 34. The molecule has 2 heterocycles. The predicted molar refractivity (Wildman–Crippen MR) is 220 cm³/mol. The number of ether oxygens (including phenoxy) is 6. The van der Waals surface area contributed by atoms with Gasteiger partial charge in [0.2, 0.25) is 0 Å². The van der Waals surface area contributed by atoms with E-state index in [9.17, 15) is 45.3 Å². The first-order valence-corrected chi connectivity index (χ1v) is 22.8. The van der Waals surface area contributed by atoms with Crippen LogP contribution >= 0.6 is 0 Å². The van der Waals surface area contributed by atoms with Crippen molar-refractivity contribution in [2.24, 2.45) is 0 Å². The summed E-state index contributed by atoms with van der Waals surface area (Å²) in [6, 6.07) is 0. The summed E-state index contributed by atoms with van der Waals surface area (Å²) >= 11 is 0. The van der Waals surface area contributed by atoms with Crippen LogP contribution in [0.4, 0.5) is 0 Å². The molecule has 0 aliphatic carbocycles. The number of allylic oxidation sites excluding steroid dienone is 2. The number of hydrogen-bond acceptors (Lipinski definition) is 15. The molecule has 2 rings (SSSR count). The Morgan fingerprint density at radius 2 is 0.983 bits per heavy atom. The lowest BCUT2D eigenvalue weighted by atomic mass is 9.98. The van der Waals surface area contributed by atoms with E-state index in [0.717, 1.165) is 44.9 Å². The Hall–Kier alpha value is -1.76. The standard InChI is InChI=1S/C44H80O15/c1-3-5-7-9-11-13-14-15-16-17-18-19-21-23-25-27-36(47)57-32(29-54-35(46)26-24-22-20-12-10-8-6-4-2)30-55-43-42(53)40(51)38(49)34(59-43)31-56-44-41(52)39(50)37(48)33(28-45)58-44/h9,11,32-34,37-45,48-53H,3-8,10,12-31H2,1-2H3/b11-9+/t32-,33-,34-,37+,38+,39?,40?,41?,42?,43-,44-/m1/s1. The number of carbonyl (C=O) groups excluding carboxylic acids is 2. The fourth-order valence-corrected chi connectivity index (χ4v) is 7.14. The molecule has 2 aliphatic rings. The summed E-state index contributed by atoms with van der Waals surface area (Å²) in [4.78, 5) is 25.5. The molecule has 15 nitrogen and oxygen atoms in total. The molecule has 0 aromatic rings. The van der Waals surface area contributed by atoms with E-state index in [1.165, 1.54) is 77.0 Å². The van der Waals surface area contributed by atoms with Crippen molar-refractivity contribution in [2.45, 2.75) is 229 Å². The summed E-state index contributed by atoms with van der Waals surface area (Å²) < 4.78 is 33.4. The van der Waals surface area contributed by atoms with Crippen LogP contribution in [0.1, 0.15) is 162 Å². The second-order valence-corrected chi connectivity index (χ2v) is 16.2. The van der Waals surface area contributed by atoms with Gasteiger partial charge in [0, 0.05) is 12.8 Å². The lowest BCUT2D eigenvalue weighted by molar-refractivity contribution is -0.332. The van der Waals surface area contributed by atoms with Crippen LogP contribution < -0.4 is 0 Å². The largest absolute Gasteiger partial charge is 0.462 e. The Labute approximate surface area is 352 Å². The highest BCUT2D eigenvalue weighted by Gasteiger charge is 2.47. The smallest absolute Gasteiger partial charge is 0.306 e. The van der Waals surface area contributed by atoms with Crippen LogP contribution in [0.5, 0.6) is 0 Å². The van der Waals surface area contributed by atoms with Gasteiger partial charge in [-0.1, -0.05) is 129 Å². The maximum atomic E-state index is 12.9. The zero-order valence-corrected chi connectivity index (χ0v) is 36.0. The van der Waals surface area contributed by atoms with Gasteiger partial charge in [-0.25, -0.2) is 0 Å². The second-order valence-electron chi connectivity index (χ2n) is 16.2. The monoisotopic (exact) mass is 849 g/mol. The molecular formula is C44H80O15. The highest BCUT2D eigenvalue weighted by Crippen LogP contribution is 2.26. The molecule has 0 saturated carbocycles. The van der Waals surface area contributed by atoms with Gasteiger partial charge in [0.05, 0.1) is 19.8 Å². The van der Waals surface area contributed by atoms with Crippen LogP contribution in [0.3, 0.4) is 0 Å². The Balaban J connectivity index is 1.84. The van der Waals surface area contributed by atoms with Crippen LogP contribution in [-0.2, 0) is 38.0 Å². The van der Waals surface area contributed by atoms with Crippen molar-refractivity contribution in [3.63, 3.8) is 0 Å². The summed E-state index contributed by atoms with van der Waals surface area (Å²) in [5.74, 6) is -0.929. The number of esters is 2. The fourth-order valence-electron chi connectivity index (χ4n) is 7.14. The highest BCUT2D eigenvalue weighted by atomic mass is 16.7. The summed E-state index contributed by atoms with van der Waals surface area (Å²) in [5.41, 5.74) is 0. The molecule has 0 radical (unpaired) electrons. The highest BCUT2D eigenvalue weighted by molar-refractivity contribution is 5.70. The first kappa shape index (κ1) is 53.4. The van der Waals surface area contributed by atoms with Gasteiger partial charge in [-0.2, -0.15) is 0 Å². The lowest BCUT2D eigenvalue weighted by Crippen LogP contribution is -2.61. The molecule has 2 saturated heterocycles. The van der Waals surface area contributed by atoms with Gasteiger partial charge >= 0.3 is 11.9 Å². The Morgan fingerprint density at radius 3 is 1.54 bits per heavy atom. The van der Waals surface area contributed by atoms with Crippen molar-refractivity contribution in [3.8, 4) is 0 Å². The van der Waals surface area contributed by atoms with E-state index in [2.05, 4.69) is 26.0 Å². The third-order valence-electron chi connectivity index (χ3n) is 11.0. The van der Waals surface area contributed by atoms with Crippen molar-refractivity contribution in [1.82, 2.24) is 0 Å².